The molecule has 112 valence electrons. The lowest BCUT2D eigenvalue weighted by molar-refractivity contribution is -0.137. The summed E-state index contributed by atoms with van der Waals surface area (Å²) in [7, 11) is 0. The lowest BCUT2D eigenvalue weighted by Gasteiger charge is -2.29. The largest absolute Gasteiger partial charge is 0.416 e. The van der Waals surface area contributed by atoms with Crippen LogP contribution in [0.2, 0.25) is 5.02 Å². The second-order valence-corrected chi connectivity index (χ2v) is 5.62. The molecule has 0 aliphatic heterocycles. The molecule has 0 amide bonds. The fourth-order valence-electron chi connectivity index (χ4n) is 2.45. The zero-order valence-corrected chi connectivity index (χ0v) is 12.4. The molecule has 0 aliphatic rings. The summed E-state index contributed by atoms with van der Waals surface area (Å²) in [6, 6.07) is 10.6. The Kier molecular flexibility index (Phi) is 4.04. The summed E-state index contributed by atoms with van der Waals surface area (Å²) in [5.41, 5.74) is 6.48. The van der Waals surface area contributed by atoms with Gasteiger partial charge >= 0.3 is 6.18 Å². The van der Waals surface area contributed by atoms with Crippen molar-refractivity contribution in [3.8, 4) is 0 Å². The Morgan fingerprint density at radius 3 is 2.14 bits per heavy atom. The summed E-state index contributed by atoms with van der Waals surface area (Å²) < 4.78 is 38.2. The van der Waals surface area contributed by atoms with Crippen LogP contribution in [0, 0.1) is 6.92 Å². The van der Waals surface area contributed by atoms with Gasteiger partial charge in [-0.3, -0.25) is 0 Å². The minimum Gasteiger partial charge on any atom is -0.318 e. The van der Waals surface area contributed by atoms with Crippen molar-refractivity contribution in [2.45, 2.75) is 25.6 Å². The highest BCUT2D eigenvalue weighted by Crippen LogP contribution is 2.36. The van der Waals surface area contributed by atoms with Gasteiger partial charge in [0.25, 0.3) is 0 Å². The van der Waals surface area contributed by atoms with E-state index in [4.69, 9.17) is 17.3 Å². The van der Waals surface area contributed by atoms with E-state index in [1.165, 1.54) is 6.07 Å². The summed E-state index contributed by atoms with van der Waals surface area (Å²) in [6.07, 6.45) is -4.36. The molecule has 5 heteroatoms. The number of aryl methyl sites for hydroxylation is 1. The number of rotatable bonds is 2. The Balaban J connectivity index is 2.54. The van der Waals surface area contributed by atoms with Crippen LogP contribution < -0.4 is 5.73 Å². The van der Waals surface area contributed by atoms with Crippen molar-refractivity contribution in [2.24, 2.45) is 5.73 Å². The van der Waals surface area contributed by atoms with E-state index in [9.17, 15) is 13.2 Å². The number of benzene rings is 2. The first-order valence-electron chi connectivity index (χ1n) is 6.36. The molecule has 21 heavy (non-hydrogen) atoms. The second-order valence-electron chi connectivity index (χ2n) is 5.21. The molecule has 0 spiro atoms. The zero-order valence-electron chi connectivity index (χ0n) is 11.6. The van der Waals surface area contributed by atoms with Gasteiger partial charge in [-0.05, 0) is 48.7 Å². The molecule has 2 N–H and O–H groups in total. The van der Waals surface area contributed by atoms with Gasteiger partial charge in [0.1, 0.15) is 0 Å². The van der Waals surface area contributed by atoms with Crippen LogP contribution in [-0.4, -0.2) is 0 Å². The van der Waals surface area contributed by atoms with E-state index in [0.29, 0.717) is 21.7 Å². The average molecular weight is 314 g/mol. The minimum absolute atomic E-state index is 0.481. The van der Waals surface area contributed by atoms with E-state index in [-0.39, 0.29) is 0 Å². The topological polar surface area (TPSA) is 26.0 Å². The summed E-state index contributed by atoms with van der Waals surface area (Å²) >= 11 is 6.15. The summed E-state index contributed by atoms with van der Waals surface area (Å²) in [5.74, 6) is 0. The first-order valence-corrected chi connectivity index (χ1v) is 6.74. The van der Waals surface area contributed by atoms with Gasteiger partial charge in [0.2, 0.25) is 0 Å². The third-order valence-corrected chi connectivity index (χ3v) is 3.88. The number of alkyl halides is 3. The molecule has 1 nitrogen and oxygen atoms in total. The normalized spacial score (nSPS) is 14.8. The highest BCUT2D eigenvalue weighted by atomic mass is 35.5. The van der Waals surface area contributed by atoms with Gasteiger partial charge in [-0.15, -0.1) is 0 Å². The molecule has 0 fully saturated rings. The van der Waals surface area contributed by atoms with Gasteiger partial charge in [-0.1, -0.05) is 35.9 Å². The van der Waals surface area contributed by atoms with Crippen LogP contribution in [0.3, 0.4) is 0 Å². The summed E-state index contributed by atoms with van der Waals surface area (Å²) in [6.45, 7) is 3.36. The smallest absolute Gasteiger partial charge is 0.318 e. The van der Waals surface area contributed by atoms with Crippen molar-refractivity contribution in [3.05, 3.63) is 69.7 Å². The molecule has 1 unspecified atom stereocenters. The average Bonchev–Trinajstić information content (AvgIpc) is 2.37. The van der Waals surface area contributed by atoms with Gasteiger partial charge < -0.3 is 5.73 Å². The molecule has 0 heterocycles. The van der Waals surface area contributed by atoms with E-state index < -0.39 is 17.3 Å². The van der Waals surface area contributed by atoms with Crippen LogP contribution in [0.15, 0.2) is 42.5 Å². The molecule has 2 rings (SSSR count). The lowest BCUT2D eigenvalue weighted by atomic mass is 9.82. The third-order valence-electron chi connectivity index (χ3n) is 3.55. The van der Waals surface area contributed by atoms with Crippen LogP contribution in [0.5, 0.6) is 0 Å². The Bertz CT molecular complexity index is 663. The molecule has 0 radical (unpaired) electrons. The van der Waals surface area contributed by atoms with Crippen LogP contribution >= 0.6 is 11.6 Å². The quantitative estimate of drug-likeness (QED) is 0.839. The Hall–Kier alpha value is -1.52. The summed E-state index contributed by atoms with van der Waals surface area (Å²) in [4.78, 5) is 0. The number of nitrogens with two attached hydrogens (primary N) is 1. The van der Waals surface area contributed by atoms with Gasteiger partial charge in [0.05, 0.1) is 11.1 Å². The van der Waals surface area contributed by atoms with Gasteiger partial charge in [-0.25, -0.2) is 0 Å². The molecule has 0 saturated carbocycles. The van der Waals surface area contributed by atoms with E-state index in [2.05, 4.69) is 0 Å². The highest BCUT2D eigenvalue weighted by molar-refractivity contribution is 6.31. The van der Waals surface area contributed by atoms with Crippen molar-refractivity contribution in [3.63, 3.8) is 0 Å². The van der Waals surface area contributed by atoms with E-state index >= 15 is 0 Å². The monoisotopic (exact) mass is 313 g/mol. The van der Waals surface area contributed by atoms with Crippen LogP contribution in [0.4, 0.5) is 13.2 Å². The highest BCUT2D eigenvalue weighted by Gasteiger charge is 2.33. The fraction of sp³-hybridized carbons (Fsp3) is 0.250. The van der Waals surface area contributed by atoms with E-state index in [1.54, 1.807) is 38.1 Å². The van der Waals surface area contributed by atoms with Gasteiger partial charge in [0, 0.05) is 5.02 Å². The number of hydrogen-bond acceptors (Lipinski definition) is 1. The second kappa shape index (κ2) is 5.35. The predicted octanol–water partition coefficient (Wildman–Crippen LogP) is 4.89. The lowest BCUT2D eigenvalue weighted by Crippen LogP contribution is -2.35. The maximum Gasteiger partial charge on any atom is 0.416 e. The van der Waals surface area contributed by atoms with E-state index in [1.807, 2.05) is 0 Å². The fourth-order valence-corrected chi connectivity index (χ4v) is 2.78. The SMILES string of the molecule is Cc1cc(C(F)(F)F)ccc1C(C)(N)c1ccccc1Cl. The molecular formula is C16H15ClF3N. The molecule has 0 aromatic heterocycles. The van der Waals surface area contributed by atoms with Crippen molar-refractivity contribution in [1.82, 2.24) is 0 Å². The zero-order chi connectivity index (χ0) is 15.8. The molecule has 2 aromatic carbocycles. The molecule has 0 aliphatic carbocycles. The molecule has 1 atom stereocenters. The van der Waals surface area contributed by atoms with Crippen molar-refractivity contribution in [2.75, 3.05) is 0 Å². The molecule has 2 aromatic rings. The van der Waals surface area contributed by atoms with Crippen molar-refractivity contribution in [1.29, 1.82) is 0 Å². The van der Waals surface area contributed by atoms with Crippen LogP contribution in [-0.2, 0) is 11.7 Å². The maximum atomic E-state index is 12.7. The van der Waals surface area contributed by atoms with Crippen LogP contribution in [0.1, 0.15) is 29.2 Å². The van der Waals surface area contributed by atoms with Crippen molar-refractivity contribution < 1.29 is 13.2 Å². The summed E-state index contributed by atoms with van der Waals surface area (Å²) in [5, 5.41) is 0.488. The minimum atomic E-state index is -4.36. The van der Waals surface area contributed by atoms with E-state index in [0.717, 1.165) is 12.1 Å². The molecule has 0 bridgehead atoms. The molecule has 0 saturated heterocycles. The number of halogens is 4. The van der Waals surface area contributed by atoms with Crippen molar-refractivity contribution >= 4 is 11.6 Å². The first-order chi connectivity index (χ1) is 9.64. The molecular weight excluding hydrogens is 299 g/mol. The van der Waals surface area contributed by atoms with Gasteiger partial charge in [-0.2, -0.15) is 13.2 Å². The number of hydrogen-bond donors (Lipinski definition) is 1. The Morgan fingerprint density at radius 2 is 1.62 bits per heavy atom. The Labute approximate surface area is 126 Å². The first kappa shape index (κ1) is 15.9. The standard InChI is InChI=1S/C16H15ClF3N/c1-10-9-11(16(18,19)20)7-8-12(10)15(2,21)13-5-3-4-6-14(13)17/h3-9H,21H2,1-2H3. The van der Waals surface area contributed by atoms with Gasteiger partial charge in [0.15, 0.2) is 0 Å². The maximum absolute atomic E-state index is 12.7. The Morgan fingerprint density at radius 1 is 1.00 bits per heavy atom. The third kappa shape index (κ3) is 3.06. The predicted molar refractivity (Wildman–Crippen MR) is 78.3 cm³/mol. The van der Waals surface area contributed by atoms with Crippen LogP contribution in [0.25, 0.3) is 0 Å².